The summed E-state index contributed by atoms with van der Waals surface area (Å²) < 4.78 is 0. The highest BCUT2D eigenvalue weighted by molar-refractivity contribution is 5.56. The predicted molar refractivity (Wildman–Crippen MR) is 46.7 cm³/mol. The van der Waals surface area contributed by atoms with Gasteiger partial charge in [-0.15, -0.1) is 0 Å². The molecule has 0 bridgehead atoms. The number of aromatic amines is 1. The first-order valence-electron chi connectivity index (χ1n) is 4.22. The van der Waals surface area contributed by atoms with E-state index in [1.54, 1.807) is 0 Å². The van der Waals surface area contributed by atoms with Crippen LogP contribution in [0, 0.1) is 10.1 Å². The van der Waals surface area contributed by atoms with Gasteiger partial charge in [0.2, 0.25) is 5.82 Å². The van der Waals surface area contributed by atoms with Gasteiger partial charge in [0.15, 0.2) is 0 Å². The average Bonchev–Trinajstić information content (AvgIpc) is 2.74. The zero-order valence-corrected chi connectivity index (χ0v) is 7.06. The lowest BCUT2D eigenvalue weighted by Crippen LogP contribution is -2.19. The highest BCUT2D eigenvalue weighted by Gasteiger charge is 2.24. The number of hydrogen-bond acceptors (Lipinski definition) is 4. The van der Waals surface area contributed by atoms with Gasteiger partial charge in [-0.05, 0) is 12.8 Å². The summed E-state index contributed by atoms with van der Waals surface area (Å²) in [4.78, 5) is 12.1. The third kappa shape index (κ3) is 1.34. The highest BCUT2D eigenvalue weighted by Crippen LogP contribution is 2.27. The van der Waals surface area contributed by atoms with E-state index in [-0.39, 0.29) is 5.69 Å². The number of nitro groups is 1. The molecule has 0 spiro atoms. The maximum atomic E-state index is 10.6. The molecule has 0 aliphatic carbocycles. The van der Waals surface area contributed by atoms with Crippen molar-refractivity contribution in [3.63, 3.8) is 0 Å². The van der Waals surface area contributed by atoms with Crippen molar-refractivity contribution in [1.29, 1.82) is 0 Å². The van der Waals surface area contributed by atoms with Crippen molar-refractivity contribution in [2.24, 2.45) is 0 Å². The molecule has 1 aliphatic heterocycles. The fourth-order valence-corrected chi connectivity index (χ4v) is 1.57. The SMILES string of the molecule is O=[N+]([O-])c1c[nH]nc1N1CCCC1. The zero-order valence-electron chi connectivity index (χ0n) is 7.06. The smallest absolute Gasteiger partial charge is 0.330 e. The summed E-state index contributed by atoms with van der Waals surface area (Å²) in [5.41, 5.74) is 0.0712. The first-order valence-corrected chi connectivity index (χ1v) is 4.22. The molecule has 0 saturated carbocycles. The van der Waals surface area contributed by atoms with Gasteiger partial charge >= 0.3 is 5.69 Å². The van der Waals surface area contributed by atoms with E-state index in [9.17, 15) is 10.1 Å². The van der Waals surface area contributed by atoms with E-state index in [1.807, 2.05) is 4.90 Å². The summed E-state index contributed by atoms with van der Waals surface area (Å²) in [6, 6.07) is 0. The van der Waals surface area contributed by atoms with Crippen molar-refractivity contribution in [1.82, 2.24) is 10.2 Å². The minimum Gasteiger partial charge on any atom is -0.349 e. The van der Waals surface area contributed by atoms with Gasteiger partial charge in [0.1, 0.15) is 6.20 Å². The average molecular weight is 182 g/mol. The number of nitrogens with zero attached hydrogens (tertiary/aromatic N) is 3. The minimum absolute atomic E-state index is 0.0712. The van der Waals surface area contributed by atoms with Crippen LogP contribution in [-0.2, 0) is 0 Å². The van der Waals surface area contributed by atoms with E-state index in [4.69, 9.17) is 0 Å². The summed E-state index contributed by atoms with van der Waals surface area (Å²) in [7, 11) is 0. The molecule has 1 aromatic heterocycles. The summed E-state index contributed by atoms with van der Waals surface area (Å²) in [6.45, 7) is 1.73. The van der Waals surface area contributed by atoms with Crippen molar-refractivity contribution in [2.75, 3.05) is 18.0 Å². The van der Waals surface area contributed by atoms with Gasteiger partial charge in [-0.1, -0.05) is 0 Å². The van der Waals surface area contributed by atoms with Crippen LogP contribution in [-0.4, -0.2) is 28.2 Å². The Morgan fingerprint density at radius 2 is 2.23 bits per heavy atom. The Hall–Kier alpha value is -1.59. The summed E-state index contributed by atoms with van der Waals surface area (Å²) >= 11 is 0. The minimum atomic E-state index is -0.406. The van der Waals surface area contributed by atoms with Crippen molar-refractivity contribution in [3.8, 4) is 0 Å². The Morgan fingerprint density at radius 3 is 2.85 bits per heavy atom. The van der Waals surface area contributed by atoms with Crippen LogP contribution >= 0.6 is 0 Å². The van der Waals surface area contributed by atoms with Crippen molar-refractivity contribution in [2.45, 2.75) is 12.8 Å². The number of anilines is 1. The molecule has 1 aromatic rings. The standard InChI is InChI=1S/C7H10N4O2/c12-11(13)6-5-8-9-7(6)10-3-1-2-4-10/h5H,1-4H2,(H,8,9). The van der Waals surface area contributed by atoms with Crippen LogP contribution in [0.5, 0.6) is 0 Å². The van der Waals surface area contributed by atoms with E-state index in [2.05, 4.69) is 10.2 Å². The molecule has 6 heteroatoms. The maximum absolute atomic E-state index is 10.6. The van der Waals surface area contributed by atoms with Crippen LogP contribution in [0.2, 0.25) is 0 Å². The van der Waals surface area contributed by atoms with Gasteiger partial charge < -0.3 is 4.90 Å². The number of hydrogen-bond donors (Lipinski definition) is 1. The molecule has 1 N–H and O–H groups in total. The van der Waals surface area contributed by atoms with E-state index in [0.29, 0.717) is 5.82 Å². The predicted octanol–water partition coefficient (Wildman–Crippen LogP) is 0.918. The van der Waals surface area contributed by atoms with Crippen LogP contribution < -0.4 is 4.90 Å². The number of H-pyrrole nitrogens is 1. The molecule has 0 atom stereocenters. The first kappa shape index (κ1) is 8.03. The first-order chi connectivity index (χ1) is 6.29. The van der Waals surface area contributed by atoms with E-state index >= 15 is 0 Å². The molecule has 0 amide bonds. The van der Waals surface area contributed by atoms with Gasteiger partial charge in [0.05, 0.1) is 4.92 Å². The second-order valence-corrected chi connectivity index (χ2v) is 3.05. The lowest BCUT2D eigenvalue weighted by molar-refractivity contribution is -0.384. The van der Waals surface area contributed by atoms with E-state index in [1.165, 1.54) is 6.20 Å². The van der Waals surface area contributed by atoms with E-state index < -0.39 is 4.92 Å². The monoisotopic (exact) mass is 182 g/mol. The fraction of sp³-hybridized carbons (Fsp3) is 0.571. The number of rotatable bonds is 2. The zero-order chi connectivity index (χ0) is 9.26. The summed E-state index contributed by atoms with van der Waals surface area (Å²) in [5.74, 6) is 0.475. The van der Waals surface area contributed by atoms with Crippen LogP contribution in [0.4, 0.5) is 11.5 Å². The third-order valence-corrected chi connectivity index (χ3v) is 2.20. The molecular formula is C7H10N4O2. The molecule has 70 valence electrons. The molecule has 2 rings (SSSR count). The van der Waals surface area contributed by atoms with Gasteiger partial charge in [0, 0.05) is 13.1 Å². The lowest BCUT2D eigenvalue weighted by atomic mass is 10.4. The fourth-order valence-electron chi connectivity index (χ4n) is 1.57. The normalized spacial score (nSPS) is 16.5. The third-order valence-electron chi connectivity index (χ3n) is 2.20. The topological polar surface area (TPSA) is 75.1 Å². The Bertz CT molecular complexity index is 316. The molecule has 1 aliphatic rings. The molecule has 0 aromatic carbocycles. The molecule has 0 radical (unpaired) electrons. The van der Waals surface area contributed by atoms with Gasteiger partial charge in [-0.25, -0.2) is 0 Å². The summed E-state index contributed by atoms with van der Waals surface area (Å²) in [5, 5.41) is 17.0. The van der Waals surface area contributed by atoms with Crippen LogP contribution in [0.15, 0.2) is 6.20 Å². The second kappa shape index (κ2) is 3.04. The van der Waals surface area contributed by atoms with E-state index in [0.717, 1.165) is 25.9 Å². The largest absolute Gasteiger partial charge is 0.349 e. The molecular weight excluding hydrogens is 172 g/mol. The molecule has 1 saturated heterocycles. The molecule has 2 heterocycles. The molecule has 0 unspecified atom stereocenters. The second-order valence-electron chi connectivity index (χ2n) is 3.05. The lowest BCUT2D eigenvalue weighted by Gasteiger charge is -2.11. The highest BCUT2D eigenvalue weighted by atomic mass is 16.6. The van der Waals surface area contributed by atoms with Gasteiger partial charge in [-0.3, -0.25) is 15.2 Å². The Morgan fingerprint density at radius 1 is 1.54 bits per heavy atom. The van der Waals surface area contributed by atoms with Crippen molar-refractivity contribution < 1.29 is 4.92 Å². The van der Waals surface area contributed by atoms with Crippen LogP contribution in [0.3, 0.4) is 0 Å². The molecule has 13 heavy (non-hydrogen) atoms. The molecule has 1 fully saturated rings. The Labute approximate surface area is 74.7 Å². The Balaban J connectivity index is 2.28. The number of aromatic nitrogens is 2. The Kier molecular flexibility index (Phi) is 1.88. The van der Waals surface area contributed by atoms with Crippen LogP contribution in [0.1, 0.15) is 12.8 Å². The van der Waals surface area contributed by atoms with Crippen molar-refractivity contribution >= 4 is 11.5 Å². The van der Waals surface area contributed by atoms with Gasteiger partial charge in [-0.2, -0.15) is 5.10 Å². The molecule has 6 nitrogen and oxygen atoms in total. The number of nitrogens with one attached hydrogen (secondary N) is 1. The summed E-state index contributed by atoms with van der Waals surface area (Å²) in [6.07, 6.45) is 3.50. The van der Waals surface area contributed by atoms with Gasteiger partial charge in [0.25, 0.3) is 0 Å². The van der Waals surface area contributed by atoms with Crippen LogP contribution in [0.25, 0.3) is 0 Å². The van der Waals surface area contributed by atoms with Crippen molar-refractivity contribution in [3.05, 3.63) is 16.3 Å². The quantitative estimate of drug-likeness (QED) is 0.545. The maximum Gasteiger partial charge on any atom is 0.330 e.